The van der Waals surface area contributed by atoms with Crippen molar-refractivity contribution in [2.24, 2.45) is 0 Å². The van der Waals surface area contributed by atoms with Crippen molar-refractivity contribution < 1.29 is 28.9 Å². The van der Waals surface area contributed by atoms with Crippen LogP contribution in [0.25, 0.3) is 5.76 Å². The minimum Gasteiger partial charge on any atom is -0.507 e. The summed E-state index contributed by atoms with van der Waals surface area (Å²) in [6.07, 6.45) is 0. The molecule has 0 bridgehead atoms. The van der Waals surface area contributed by atoms with E-state index in [4.69, 9.17) is 14.2 Å². The summed E-state index contributed by atoms with van der Waals surface area (Å²) in [5.74, 6) is 0.141. The molecule has 0 aliphatic carbocycles. The molecule has 1 atom stereocenters. The van der Waals surface area contributed by atoms with Gasteiger partial charge >= 0.3 is 0 Å². The van der Waals surface area contributed by atoms with Gasteiger partial charge in [0.2, 0.25) is 0 Å². The summed E-state index contributed by atoms with van der Waals surface area (Å²) in [6.45, 7) is 12.6. The number of benzene rings is 3. The zero-order chi connectivity index (χ0) is 29.1. The highest BCUT2D eigenvalue weighted by molar-refractivity contribution is 6.51. The standard InChI is InChI=1S/C33H37NO6/c1-8-39-26-14-12-23(17-24(26)19(3)4)31(35)29-30(22-11-15-27(38-7)28(18-22)40-9-2)34(33(37)32(29)36)25-13-10-20(5)16-21(25)6/h10-19,30,35H,8-9H2,1-7H3/b31-29+. The van der Waals surface area contributed by atoms with Gasteiger partial charge in [-0.3, -0.25) is 14.5 Å². The summed E-state index contributed by atoms with van der Waals surface area (Å²) in [5, 5.41) is 11.7. The molecule has 4 rings (SSSR count). The van der Waals surface area contributed by atoms with Crippen LogP contribution in [0, 0.1) is 13.8 Å². The van der Waals surface area contributed by atoms with Crippen molar-refractivity contribution in [2.75, 3.05) is 25.2 Å². The molecule has 1 aliphatic heterocycles. The number of anilines is 1. The van der Waals surface area contributed by atoms with E-state index in [0.717, 1.165) is 22.4 Å². The average Bonchev–Trinajstić information content (AvgIpc) is 3.18. The molecule has 0 saturated carbocycles. The van der Waals surface area contributed by atoms with Crippen LogP contribution in [-0.2, 0) is 9.59 Å². The Morgan fingerprint density at radius 1 is 0.900 bits per heavy atom. The number of amides is 1. The minimum atomic E-state index is -0.888. The van der Waals surface area contributed by atoms with Gasteiger partial charge in [0.25, 0.3) is 11.7 Å². The molecule has 1 saturated heterocycles. The molecule has 1 fully saturated rings. The van der Waals surface area contributed by atoms with Crippen LogP contribution in [0.15, 0.2) is 60.2 Å². The Balaban J connectivity index is 1.99. The van der Waals surface area contributed by atoms with Gasteiger partial charge in [-0.05, 0) is 86.7 Å². The number of carbonyl (C=O) groups excluding carboxylic acids is 2. The second-order valence-electron chi connectivity index (χ2n) is 10.1. The Labute approximate surface area is 236 Å². The number of hydrogen-bond acceptors (Lipinski definition) is 6. The number of aliphatic hydroxyl groups excluding tert-OH is 1. The van der Waals surface area contributed by atoms with E-state index in [1.54, 1.807) is 37.4 Å². The number of rotatable bonds is 9. The molecule has 0 radical (unpaired) electrons. The third-order valence-corrected chi connectivity index (χ3v) is 7.06. The number of carbonyl (C=O) groups is 2. The van der Waals surface area contributed by atoms with Crippen molar-refractivity contribution in [1.29, 1.82) is 0 Å². The van der Waals surface area contributed by atoms with Gasteiger partial charge in [-0.2, -0.15) is 0 Å². The van der Waals surface area contributed by atoms with E-state index in [2.05, 4.69) is 0 Å². The zero-order valence-electron chi connectivity index (χ0n) is 24.2. The highest BCUT2D eigenvalue weighted by Crippen LogP contribution is 2.45. The molecule has 3 aromatic carbocycles. The molecule has 0 aromatic heterocycles. The minimum absolute atomic E-state index is 0.0106. The van der Waals surface area contributed by atoms with E-state index < -0.39 is 17.7 Å². The quantitative estimate of drug-likeness (QED) is 0.180. The molecule has 3 aromatic rings. The molecule has 0 spiro atoms. The van der Waals surface area contributed by atoms with Crippen LogP contribution in [0.1, 0.15) is 67.5 Å². The number of Topliss-reactive ketones (excluding diaryl/α,β-unsaturated/α-hetero) is 1. The van der Waals surface area contributed by atoms with E-state index >= 15 is 0 Å². The summed E-state index contributed by atoms with van der Waals surface area (Å²) >= 11 is 0. The van der Waals surface area contributed by atoms with Crippen LogP contribution in [0.2, 0.25) is 0 Å². The smallest absolute Gasteiger partial charge is 0.300 e. The average molecular weight is 544 g/mol. The molecule has 1 amide bonds. The maximum absolute atomic E-state index is 13.7. The largest absolute Gasteiger partial charge is 0.507 e. The van der Waals surface area contributed by atoms with Crippen molar-refractivity contribution in [3.63, 3.8) is 0 Å². The highest BCUT2D eigenvalue weighted by Gasteiger charge is 2.47. The van der Waals surface area contributed by atoms with E-state index in [-0.39, 0.29) is 17.3 Å². The van der Waals surface area contributed by atoms with Gasteiger partial charge < -0.3 is 19.3 Å². The Morgan fingerprint density at radius 2 is 1.57 bits per heavy atom. The first-order valence-electron chi connectivity index (χ1n) is 13.6. The summed E-state index contributed by atoms with van der Waals surface area (Å²) < 4.78 is 17.1. The Kier molecular flexibility index (Phi) is 8.52. The Morgan fingerprint density at radius 3 is 2.20 bits per heavy atom. The molecular formula is C33H37NO6. The van der Waals surface area contributed by atoms with Crippen molar-refractivity contribution in [1.82, 2.24) is 0 Å². The van der Waals surface area contributed by atoms with Gasteiger partial charge in [0.15, 0.2) is 11.5 Å². The number of methoxy groups -OCH3 is 1. The Bertz CT molecular complexity index is 1470. The molecule has 1 heterocycles. The maximum Gasteiger partial charge on any atom is 0.300 e. The summed E-state index contributed by atoms with van der Waals surface area (Å²) in [5.41, 5.74) is 4.43. The van der Waals surface area contributed by atoms with Gasteiger partial charge in [0.1, 0.15) is 11.5 Å². The third kappa shape index (κ3) is 5.28. The summed E-state index contributed by atoms with van der Waals surface area (Å²) in [4.78, 5) is 28.8. The van der Waals surface area contributed by atoms with Gasteiger partial charge in [0, 0.05) is 11.3 Å². The topological polar surface area (TPSA) is 85.3 Å². The van der Waals surface area contributed by atoms with Crippen LogP contribution < -0.4 is 19.1 Å². The van der Waals surface area contributed by atoms with Crippen molar-refractivity contribution in [2.45, 2.75) is 53.5 Å². The lowest BCUT2D eigenvalue weighted by Crippen LogP contribution is -2.30. The van der Waals surface area contributed by atoms with E-state index in [0.29, 0.717) is 41.5 Å². The molecule has 7 heteroatoms. The fourth-order valence-electron chi connectivity index (χ4n) is 5.19. The fraction of sp³-hybridized carbons (Fsp3) is 0.333. The number of ether oxygens (including phenoxy) is 3. The molecule has 1 N–H and O–H groups in total. The monoisotopic (exact) mass is 543 g/mol. The lowest BCUT2D eigenvalue weighted by atomic mass is 9.92. The van der Waals surface area contributed by atoms with Crippen molar-refractivity contribution in [3.8, 4) is 17.2 Å². The lowest BCUT2D eigenvalue weighted by Gasteiger charge is -2.27. The fourth-order valence-corrected chi connectivity index (χ4v) is 5.19. The highest BCUT2D eigenvalue weighted by atomic mass is 16.5. The third-order valence-electron chi connectivity index (χ3n) is 7.06. The number of nitrogens with zero attached hydrogens (tertiary/aromatic N) is 1. The predicted octanol–water partition coefficient (Wildman–Crippen LogP) is 6.86. The SMILES string of the molecule is CCOc1cc(C2/C(=C(\O)c3ccc(OCC)c(C(C)C)c3)C(=O)C(=O)N2c2ccc(C)cc2C)ccc1OC. The second kappa shape index (κ2) is 11.9. The normalized spacial score (nSPS) is 16.5. The van der Waals surface area contributed by atoms with Crippen LogP contribution >= 0.6 is 0 Å². The van der Waals surface area contributed by atoms with E-state index in [9.17, 15) is 14.7 Å². The van der Waals surface area contributed by atoms with Gasteiger partial charge in [-0.25, -0.2) is 0 Å². The molecule has 40 heavy (non-hydrogen) atoms. The predicted molar refractivity (Wildman–Crippen MR) is 157 cm³/mol. The molecule has 1 unspecified atom stereocenters. The first-order valence-corrected chi connectivity index (χ1v) is 13.6. The first-order chi connectivity index (χ1) is 19.1. The summed E-state index contributed by atoms with van der Waals surface area (Å²) in [7, 11) is 1.55. The van der Waals surface area contributed by atoms with E-state index in [1.165, 1.54) is 4.90 Å². The van der Waals surface area contributed by atoms with Crippen molar-refractivity contribution >= 4 is 23.1 Å². The second-order valence-corrected chi connectivity index (χ2v) is 10.1. The van der Waals surface area contributed by atoms with E-state index in [1.807, 2.05) is 65.8 Å². The summed E-state index contributed by atoms with van der Waals surface area (Å²) in [6, 6.07) is 15.5. The molecule has 210 valence electrons. The molecule has 1 aliphatic rings. The molecular weight excluding hydrogens is 506 g/mol. The maximum atomic E-state index is 13.7. The number of aliphatic hydroxyl groups is 1. The van der Waals surface area contributed by atoms with Crippen LogP contribution in [0.4, 0.5) is 5.69 Å². The van der Waals surface area contributed by atoms with Gasteiger partial charge in [-0.15, -0.1) is 0 Å². The number of ketones is 1. The lowest BCUT2D eigenvalue weighted by molar-refractivity contribution is -0.132. The number of aryl methyl sites for hydroxylation is 2. The van der Waals surface area contributed by atoms with Crippen LogP contribution in [-0.4, -0.2) is 37.1 Å². The molecule has 7 nitrogen and oxygen atoms in total. The van der Waals surface area contributed by atoms with Crippen LogP contribution in [0.3, 0.4) is 0 Å². The number of hydrogen-bond donors (Lipinski definition) is 1. The van der Waals surface area contributed by atoms with Gasteiger partial charge in [-0.1, -0.05) is 37.6 Å². The van der Waals surface area contributed by atoms with Crippen LogP contribution in [0.5, 0.6) is 17.2 Å². The van der Waals surface area contributed by atoms with Crippen molar-refractivity contribution in [3.05, 3.63) is 88.0 Å². The van der Waals surface area contributed by atoms with Gasteiger partial charge in [0.05, 0.1) is 31.9 Å². The first kappa shape index (κ1) is 28.7. The zero-order valence-corrected chi connectivity index (χ0v) is 24.2. The Hall–Kier alpha value is -4.26.